The average Bonchev–Trinajstić information content (AvgIpc) is 2.65. The van der Waals surface area contributed by atoms with Gasteiger partial charge < -0.3 is 5.73 Å². The number of rotatable bonds is 3. The highest BCUT2D eigenvalue weighted by atomic mass is 16.1. The number of benzene rings is 1. The third-order valence-corrected chi connectivity index (χ3v) is 4.04. The Morgan fingerprint density at radius 3 is 2.67 bits per heavy atom. The number of amides is 1. The van der Waals surface area contributed by atoms with Gasteiger partial charge in [0.2, 0.25) is 5.91 Å². The average molecular weight is 284 g/mol. The van der Waals surface area contributed by atoms with Gasteiger partial charge in [-0.1, -0.05) is 30.3 Å². The van der Waals surface area contributed by atoms with Crippen LogP contribution in [0.5, 0.6) is 0 Å². The van der Waals surface area contributed by atoms with Crippen LogP contribution in [0.1, 0.15) is 11.3 Å². The number of hydrogen-bond acceptors (Lipinski definition) is 3. The molecular weight excluding hydrogens is 264 g/mol. The first-order valence-electron chi connectivity index (χ1n) is 7.26. The predicted molar refractivity (Wildman–Crippen MR) is 81.7 cm³/mol. The van der Waals surface area contributed by atoms with E-state index in [9.17, 15) is 4.79 Å². The lowest BCUT2D eigenvalue weighted by Crippen LogP contribution is -2.35. The van der Waals surface area contributed by atoms with Gasteiger partial charge in [0.25, 0.3) is 0 Å². The van der Waals surface area contributed by atoms with E-state index in [2.05, 4.69) is 17.0 Å². The molecule has 0 saturated carbocycles. The molecule has 2 aromatic rings. The van der Waals surface area contributed by atoms with E-state index in [1.54, 1.807) is 0 Å². The zero-order valence-electron chi connectivity index (χ0n) is 12.2. The largest absolute Gasteiger partial charge is 0.369 e. The summed E-state index contributed by atoms with van der Waals surface area (Å²) in [6, 6.07) is 10.3. The predicted octanol–water partition coefficient (Wildman–Crippen LogP) is 0.973. The maximum absolute atomic E-state index is 11.1. The SMILES string of the molecule is Cn1nc(-c2ccccc2)c2c1CCN(CC(N)=O)CC2. The van der Waals surface area contributed by atoms with Crippen LogP contribution in [0.3, 0.4) is 0 Å². The standard InChI is InChI=1S/C16H20N4O/c1-19-14-8-10-20(11-15(17)21)9-7-13(14)16(18-19)12-5-3-2-4-6-12/h2-6H,7-11H2,1H3,(H2,17,21). The molecule has 0 bridgehead atoms. The van der Waals surface area contributed by atoms with Crippen LogP contribution >= 0.6 is 0 Å². The summed E-state index contributed by atoms with van der Waals surface area (Å²) < 4.78 is 1.98. The van der Waals surface area contributed by atoms with Gasteiger partial charge in [0.05, 0.1) is 12.2 Å². The minimum absolute atomic E-state index is 0.262. The molecule has 2 heterocycles. The highest BCUT2D eigenvalue weighted by Crippen LogP contribution is 2.27. The van der Waals surface area contributed by atoms with Crippen molar-refractivity contribution in [3.63, 3.8) is 0 Å². The normalized spacial score (nSPS) is 15.5. The number of carbonyl (C=O) groups is 1. The molecule has 21 heavy (non-hydrogen) atoms. The highest BCUT2D eigenvalue weighted by molar-refractivity contribution is 5.76. The van der Waals surface area contributed by atoms with Crippen LogP contribution < -0.4 is 5.73 Å². The van der Waals surface area contributed by atoms with Crippen LogP contribution in [-0.4, -0.2) is 40.2 Å². The zero-order chi connectivity index (χ0) is 14.8. The first-order valence-corrected chi connectivity index (χ1v) is 7.26. The van der Waals surface area contributed by atoms with Crippen LogP contribution in [0.15, 0.2) is 30.3 Å². The van der Waals surface area contributed by atoms with Gasteiger partial charge in [0, 0.05) is 43.4 Å². The zero-order valence-corrected chi connectivity index (χ0v) is 12.2. The van der Waals surface area contributed by atoms with E-state index in [1.807, 2.05) is 29.9 Å². The van der Waals surface area contributed by atoms with Crippen molar-refractivity contribution in [2.24, 2.45) is 12.8 Å². The summed E-state index contributed by atoms with van der Waals surface area (Å²) in [4.78, 5) is 13.2. The summed E-state index contributed by atoms with van der Waals surface area (Å²) in [6.45, 7) is 2.03. The van der Waals surface area contributed by atoms with Crippen molar-refractivity contribution >= 4 is 5.91 Å². The second kappa shape index (κ2) is 5.69. The van der Waals surface area contributed by atoms with Gasteiger partial charge in [0.15, 0.2) is 0 Å². The second-order valence-electron chi connectivity index (χ2n) is 5.51. The number of hydrogen-bond donors (Lipinski definition) is 1. The van der Waals surface area contributed by atoms with E-state index < -0.39 is 0 Å². The van der Waals surface area contributed by atoms with Crippen LogP contribution in [0.4, 0.5) is 0 Å². The first-order chi connectivity index (χ1) is 10.1. The monoisotopic (exact) mass is 284 g/mol. The summed E-state index contributed by atoms with van der Waals surface area (Å²) in [5.41, 5.74) is 10.1. The van der Waals surface area contributed by atoms with Gasteiger partial charge in [-0.2, -0.15) is 5.10 Å². The Morgan fingerprint density at radius 2 is 1.95 bits per heavy atom. The van der Waals surface area contributed by atoms with Crippen molar-refractivity contribution in [3.05, 3.63) is 41.6 Å². The van der Waals surface area contributed by atoms with Crippen LogP contribution in [-0.2, 0) is 24.7 Å². The Morgan fingerprint density at radius 1 is 1.24 bits per heavy atom. The van der Waals surface area contributed by atoms with Gasteiger partial charge in [-0.3, -0.25) is 14.4 Å². The smallest absolute Gasteiger partial charge is 0.231 e. The molecule has 0 saturated heterocycles. The number of primary amides is 1. The summed E-state index contributed by atoms with van der Waals surface area (Å²) in [5, 5.41) is 4.70. The van der Waals surface area contributed by atoms with Crippen molar-refractivity contribution in [2.45, 2.75) is 12.8 Å². The number of aryl methyl sites for hydroxylation is 1. The Hall–Kier alpha value is -2.14. The fourth-order valence-electron chi connectivity index (χ4n) is 3.03. The molecule has 0 unspecified atom stereocenters. The fraction of sp³-hybridized carbons (Fsp3) is 0.375. The highest BCUT2D eigenvalue weighted by Gasteiger charge is 2.22. The molecular formula is C16H20N4O. The summed E-state index contributed by atoms with van der Waals surface area (Å²) in [5.74, 6) is -0.262. The molecule has 0 radical (unpaired) electrons. The van der Waals surface area contributed by atoms with Crippen molar-refractivity contribution < 1.29 is 4.79 Å². The molecule has 0 atom stereocenters. The fourth-order valence-corrected chi connectivity index (χ4v) is 3.03. The van der Waals surface area contributed by atoms with Crippen LogP contribution in [0, 0.1) is 0 Å². The quantitative estimate of drug-likeness (QED) is 0.913. The molecule has 1 amide bonds. The molecule has 110 valence electrons. The molecule has 2 N–H and O–H groups in total. The first kappa shape index (κ1) is 13.8. The van der Waals surface area contributed by atoms with Crippen molar-refractivity contribution in [2.75, 3.05) is 19.6 Å². The van der Waals surface area contributed by atoms with E-state index in [-0.39, 0.29) is 5.91 Å². The molecule has 1 aliphatic heterocycles. The molecule has 1 aromatic heterocycles. The number of carbonyl (C=O) groups excluding carboxylic acids is 1. The van der Waals surface area contributed by atoms with Gasteiger partial charge in [-0.05, 0) is 6.42 Å². The Labute approximate surface area is 124 Å². The number of fused-ring (bicyclic) bond motifs is 1. The lowest BCUT2D eigenvalue weighted by molar-refractivity contribution is -0.119. The molecule has 1 aromatic carbocycles. The third kappa shape index (κ3) is 2.83. The van der Waals surface area contributed by atoms with Crippen molar-refractivity contribution in [1.29, 1.82) is 0 Å². The Balaban J connectivity index is 1.91. The van der Waals surface area contributed by atoms with Gasteiger partial charge >= 0.3 is 0 Å². The van der Waals surface area contributed by atoms with Crippen molar-refractivity contribution in [3.8, 4) is 11.3 Å². The topological polar surface area (TPSA) is 64.2 Å². The van der Waals surface area contributed by atoms with E-state index >= 15 is 0 Å². The molecule has 0 aliphatic carbocycles. The van der Waals surface area contributed by atoms with E-state index in [0.717, 1.165) is 37.2 Å². The number of nitrogens with zero attached hydrogens (tertiary/aromatic N) is 3. The lowest BCUT2D eigenvalue weighted by atomic mass is 10.0. The molecule has 5 nitrogen and oxygen atoms in total. The summed E-state index contributed by atoms with van der Waals surface area (Å²) >= 11 is 0. The molecule has 0 spiro atoms. The molecule has 0 fully saturated rings. The Bertz CT molecular complexity index is 648. The third-order valence-electron chi connectivity index (χ3n) is 4.04. The number of nitrogens with two attached hydrogens (primary N) is 1. The molecule has 5 heteroatoms. The van der Waals surface area contributed by atoms with E-state index in [1.165, 1.54) is 11.3 Å². The summed E-state index contributed by atoms with van der Waals surface area (Å²) in [6.07, 6.45) is 1.81. The number of aromatic nitrogens is 2. The van der Waals surface area contributed by atoms with Crippen LogP contribution in [0.2, 0.25) is 0 Å². The maximum Gasteiger partial charge on any atom is 0.231 e. The van der Waals surface area contributed by atoms with Gasteiger partial charge in [0.1, 0.15) is 0 Å². The van der Waals surface area contributed by atoms with Gasteiger partial charge in [-0.25, -0.2) is 0 Å². The van der Waals surface area contributed by atoms with Crippen LogP contribution in [0.25, 0.3) is 11.3 Å². The molecule has 3 rings (SSSR count). The minimum atomic E-state index is -0.262. The Kier molecular flexibility index (Phi) is 3.75. The molecule has 1 aliphatic rings. The minimum Gasteiger partial charge on any atom is -0.369 e. The maximum atomic E-state index is 11.1. The van der Waals surface area contributed by atoms with Gasteiger partial charge in [-0.15, -0.1) is 0 Å². The van der Waals surface area contributed by atoms with E-state index in [0.29, 0.717) is 6.54 Å². The van der Waals surface area contributed by atoms with Crippen molar-refractivity contribution in [1.82, 2.24) is 14.7 Å². The van der Waals surface area contributed by atoms with E-state index in [4.69, 9.17) is 10.8 Å². The lowest BCUT2D eigenvalue weighted by Gasteiger charge is -2.17. The summed E-state index contributed by atoms with van der Waals surface area (Å²) in [7, 11) is 2.00. The second-order valence-corrected chi connectivity index (χ2v) is 5.51.